The van der Waals surface area contributed by atoms with Crippen molar-refractivity contribution in [3.63, 3.8) is 0 Å². The van der Waals surface area contributed by atoms with Crippen LogP contribution >= 0.6 is 0 Å². The molecule has 0 unspecified atom stereocenters. The molecule has 0 atom stereocenters. The van der Waals surface area contributed by atoms with Gasteiger partial charge < -0.3 is 10.1 Å². The van der Waals surface area contributed by atoms with Crippen LogP contribution in [-0.2, 0) is 6.42 Å². The molecule has 3 aromatic rings. The predicted molar refractivity (Wildman–Crippen MR) is 99.3 cm³/mol. The van der Waals surface area contributed by atoms with Crippen molar-refractivity contribution in [2.24, 2.45) is 5.92 Å². The lowest BCUT2D eigenvalue weighted by Crippen LogP contribution is -2.16. The van der Waals surface area contributed by atoms with Crippen LogP contribution in [0.15, 0.2) is 48.7 Å². The maximum Gasteiger partial charge on any atom is 0.274 e. The summed E-state index contributed by atoms with van der Waals surface area (Å²) in [7, 11) is 0. The molecule has 0 fully saturated rings. The van der Waals surface area contributed by atoms with Gasteiger partial charge in [-0.05, 0) is 48.7 Å². The summed E-state index contributed by atoms with van der Waals surface area (Å²) < 4.78 is 7.49. The molecule has 0 aliphatic rings. The minimum absolute atomic E-state index is 0.161. The third-order valence-corrected chi connectivity index (χ3v) is 3.85. The minimum Gasteiger partial charge on any atom is -0.493 e. The van der Waals surface area contributed by atoms with Gasteiger partial charge in [-0.2, -0.15) is 0 Å². The van der Waals surface area contributed by atoms with Gasteiger partial charge >= 0.3 is 0 Å². The Bertz CT molecular complexity index is 866. The Morgan fingerprint density at radius 2 is 1.96 bits per heavy atom. The molecule has 2 aromatic heterocycles. The van der Waals surface area contributed by atoms with Crippen molar-refractivity contribution in [1.29, 1.82) is 0 Å². The van der Waals surface area contributed by atoms with Crippen LogP contribution in [-0.4, -0.2) is 21.9 Å². The van der Waals surface area contributed by atoms with Gasteiger partial charge in [0.25, 0.3) is 5.91 Å². The Morgan fingerprint density at radius 3 is 2.64 bits per heavy atom. The predicted octanol–water partition coefficient (Wildman–Crippen LogP) is 4.18. The van der Waals surface area contributed by atoms with E-state index in [1.807, 2.05) is 60.0 Å². The van der Waals surface area contributed by atoms with E-state index in [-0.39, 0.29) is 5.91 Å². The molecule has 0 saturated carbocycles. The summed E-state index contributed by atoms with van der Waals surface area (Å²) in [6.07, 6.45) is 2.56. The van der Waals surface area contributed by atoms with Crippen molar-refractivity contribution in [3.8, 4) is 5.75 Å². The number of hydrogen-bond donors (Lipinski definition) is 1. The van der Waals surface area contributed by atoms with E-state index in [0.29, 0.717) is 24.6 Å². The van der Waals surface area contributed by atoms with E-state index in [1.165, 1.54) is 0 Å². The first-order valence-electron chi connectivity index (χ1n) is 8.58. The second-order valence-corrected chi connectivity index (χ2v) is 6.37. The van der Waals surface area contributed by atoms with Crippen LogP contribution in [0.4, 0.5) is 5.69 Å². The van der Waals surface area contributed by atoms with E-state index in [9.17, 15) is 4.79 Å². The number of ether oxygens (including phenoxy) is 1. The first kappa shape index (κ1) is 17.0. The molecule has 25 heavy (non-hydrogen) atoms. The van der Waals surface area contributed by atoms with Crippen LogP contribution in [0, 0.1) is 5.92 Å². The summed E-state index contributed by atoms with van der Waals surface area (Å²) in [6.45, 7) is 6.89. The van der Waals surface area contributed by atoms with Gasteiger partial charge in [-0.3, -0.25) is 9.20 Å². The topological polar surface area (TPSA) is 55.6 Å². The van der Waals surface area contributed by atoms with Gasteiger partial charge in [0, 0.05) is 11.9 Å². The van der Waals surface area contributed by atoms with Gasteiger partial charge in [-0.15, -0.1) is 0 Å². The smallest absolute Gasteiger partial charge is 0.274 e. The van der Waals surface area contributed by atoms with E-state index in [4.69, 9.17) is 4.74 Å². The standard InChI is InChI=1S/C20H23N3O2/c1-4-17-19(23-12-6-5-7-18(23)22-17)20(24)21-15-8-10-16(11-9-15)25-13-14(2)3/h5-12,14H,4,13H2,1-3H3,(H,21,24). The van der Waals surface area contributed by atoms with Crippen LogP contribution in [0.5, 0.6) is 5.75 Å². The number of benzene rings is 1. The number of fused-ring (bicyclic) bond motifs is 1. The zero-order chi connectivity index (χ0) is 17.8. The molecule has 0 saturated heterocycles. The van der Waals surface area contributed by atoms with Crippen LogP contribution < -0.4 is 10.1 Å². The van der Waals surface area contributed by atoms with E-state index in [1.54, 1.807) is 0 Å². The zero-order valence-corrected chi connectivity index (χ0v) is 14.8. The molecule has 1 aromatic carbocycles. The monoisotopic (exact) mass is 337 g/mol. The van der Waals surface area contributed by atoms with Gasteiger partial charge in [0.15, 0.2) is 0 Å². The summed E-state index contributed by atoms with van der Waals surface area (Å²) >= 11 is 0. The summed E-state index contributed by atoms with van der Waals surface area (Å²) in [6, 6.07) is 13.1. The molecule has 0 aliphatic heterocycles. The van der Waals surface area contributed by atoms with E-state index in [0.717, 1.165) is 22.8 Å². The molecule has 0 bridgehead atoms. The summed E-state index contributed by atoms with van der Waals surface area (Å²) in [4.78, 5) is 17.3. The molecule has 1 amide bonds. The number of rotatable bonds is 6. The number of aromatic nitrogens is 2. The van der Waals surface area contributed by atoms with Gasteiger partial charge in [-0.1, -0.05) is 26.8 Å². The lowest BCUT2D eigenvalue weighted by molar-refractivity contribution is 0.102. The summed E-state index contributed by atoms with van der Waals surface area (Å²) in [5.74, 6) is 1.11. The second-order valence-electron chi connectivity index (χ2n) is 6.37. The average Bonchev–Trinajstić information content (AvgIpc) is 2.99. The Labute approximate surface area is 147 Å². The molecule has 130 valence electrons. The Hall–Kier alpha value is -2.82. The lowest BCUT2D eigenvalue weighted by atomic mass is 10.2. The molecule has 5 nitrogen and oxygen atoms in total. The Morgan fingerprint density at radius 1 is 1.20 bits per heavy atom. The molecule has 0 spiro atoms. The van der Waals surface area contributed by atoms with Crippen molar-refractivity contribution in [1.82, 2.24) is 9.38 Å². The SMILES string of the molecule is CCc1nc2ccccn2c1C(=O)Nc1ccc(OCC(C)C)cc1. The molecule has 1 N–H and O–H groups in total. The highest BCUT2D eigenvalue weighted by atomic mass is 16.5. The largest absolute Gasteiger partial charge is 0.493 e. The number of anilines is 1. The second kappa shape index (κ2) is 7.38. The van der Waals surface area contributed by atoms with Crippen LogP contribution in [0.1, 0.15) is 37.0 Å². The van der Waals surface area contributed by atoms with Crippen molar-refractivity contribution >= 4 is 17.2 Å². The molecule has 2 heterocycles. The number of hydrogen-bond acceptors (Lipinski definition) is 3. The average molecular weight is 337 g/mol. The molecule has 3 rings (SSSR count). The fraction of sp³-hybridized carbons (Fsp3) is 0.300. The maximum atomic E-state index is 12.8. The molecule has 0 radical (unpaired) electrons. The third-order valence-electron chi connectivity index (χ3n) is 3.85. The number of carbonyl (C=O) groups excluding carboxylic acids is 1. The number of aryl methyl sites for hydroxylation is 1. The molecule has 5 heteroatoms. The maximum absolute atomic E-state index is 12.8. The van der Waals surface area contributed by atoms with Crippen molar-refractivity contribution in [2.75, 3.05) is 11.9 Å². The van der Waals surface area contributed by atoms with Crippen LogP contribution in [0.25, 0.3) is 5.65 Å². The minimum atomic E-state index is -0.161. The number of nitrogens with one attached hydrogen (secondary N) is 1. The Kier molecular flexibility index (Phi) is 5.03. The first-order chi connectivity index (χ1) is 12.1. The molecule has 0 aliphatic carbocycles. The van der Waals surface area contributed by atoms with E-state index in [2.05, 4.69) is 24.1 Å². The highest BCUT2D eigenvalue weighted by Gasteiger charge is 2.18. The normalized spacial score (nSPS) is 11.0. The number of nitrogens with zero attached hydrogens (tertiary/aromatic N) is 2. The third kappa shape index (κ3) is 3.82. The number of carbonyl (C=O) groups is 1. The zero-order valence-electron chi connectivity index (χ0n) is 14.8. The van der Waals surface area contributed by atoms with Gasteiger partial charge in [0.2, 0.25) is 0 Å². The van der Waals surface area contributed by atoms with Crippen LogP contribution in [0.3, 0.4) is 0 Å². The van der Waals surface area contributed by atoms with Gasteiger partial charge in [0.1, 0.15) is 17.1 Å². The van der Waals surface area contributed by atoms with Crippen LogP contribution in [0.2, 0.25) is 0 Å². The fourth-order valence-corrected chi connectivity index (χ4v) is 2.62. The quantitative estimate of drug-likeness (QED) is 0.734. The number of pyridine rings is 1. The Balaban J connectivity index is 1.78. The molecular weight excluding hydrogens is 314 g/mol. The highest BCUT2D eigenvalue weighted by molar-refractivity contribution is 6.04. The summed E-state index contributed by atoms with van der Waals surface area (Å²) in [5.41, 5.74) is 2.88. The molecular formula is C20H23N3O2. The van der Waals surface area contributed by atoms with Crippen molar-refractivity contribution in [3.05, 3.63) is 60.0 Å². The highest BCUT2D eigenvalue weighted by Crippen LogP contribution is 2.19. The lowest BCUT2D eigenvalue weighted by Gasteiger charge is -2.10. The van der Waals surface area contributed by atoms with Gasteiger partial charge in [0.05, 0.1) is 12.3 Å². The van der Waals surface area contributed by atoms with E-state index < -0.39 is 0 Å². The van der Waals surface area contributed by atoms with Crippen molar-refractivity contribution in [2.45, 2.75) is 27.2 Å². The van der Waals surface area contributed by atoms with Gasteiger partial charge in [-0.25, -0.2) is 4.98 Å². The van der Waals surface area contributed by atoms with E-state index >= 15 is 0 Å². The number of amides is 1. The number of imidazole rings is 1. The van der Waals surface area contributed by atoms with Crippen molar-refractivity contribution < 1.29 is 9.53 Å². The first-order valence-corrected chi connectivity index (χ1v) is 8.58. The summed E-state index contributed by atoms with van der Waals surface area (Å²) in [5, 5.41) is 2.95. The fourth-order valence-electron chi connectivity index (χ4n) is 2.62.